The Morgan fingerprint density at radius 2 is 2.50 bits per heavy atom. The monoisotopic (exact) mass is 185 g/mol. The van der Waals surface area contributed by atoms with Crippen molar-refractivity contribution in [3.05, 3.63) is 29.8 Å². The van der Waals surface area contributed by atoms with Crippen molar-refractivity contribution in [1.82, 2.24) is 4.98 Å². The highest BCUT2D eigenvalue weighted by atomic mass is 32.2. The number of halogens is 1. The van der Waals surface area contributed by atoms with E-state index in [1.165, 1.54) is 25.3 Å². The molecular formula is C8H8FNOS. The van der Waals surface area contributed by atoms with Crippen molar-refractivity contribution in [3.8, 4) is 0 Å². The molecule has 0 amide bonds. The van der Waals surface area contributed by atoms with Crippen LogP contribution in [0.4, 0.5) is 4.39 Å². The molecule has 0 saturated carbocycles. The van der Waals surface area contributed by atoms with Crippen LogP contribution in [0.5, 0.6) is 0 Å². The van der Waals surface area contributed by atoms with Crippen molar-refractivity contribution in [2.75, 3.05) is 0 Å². The lowest BCUT2D eigenvalue weighted by Crippen LogP contribution is -1.93. The zero-order chi connectivity index (χ0) is 8.97. The maximum atomic E-state index is 12.9. The number of hydrogen-bond acceptors (Lipinski definition) is 3. The Balaban J connectivity index is 2.63. The summed E-state index contributed by atoms with van der Waals surface area (Å²) in [7, 11) is 0. The van der Waals surface area contributed by atoms with E-state index in [0.717, 1.165) is 11.8 Å². The quantitative estimate of drug-likeness (QED) is 0.705. The number of rotatable bonds is 2. The maximum Gasteiger partial charge on any atom is 0.186 e. The highest BCUT2D eigenvalue weighted by Crippen LogP contribution is 2.12. The normalized spacial score (nSPS) is 9.83. The third kappa shape index (κ3) is 2.62. The lowest BCUT2D eigenvalue weighted by molar-refractivity contribution is -0.109. The first-order valence-corrected chi connectivity index (χ1v) is 4.41. The first kappa shape index (κ1) is 9.19. The van der Waals surface area contributed by atoms with E-state index in [-0.39, 0.29) is 10.9 Å². The predicted molar refractivity (Wildman–Crippen MR) is 46.2 cm³/mol. The van der Waals surface area contributed by atoms with Crippen molar-refractivity contribution < 1.29 is 9.18 Å². The second kappa shape index (κ2) is 4.21. The summed E-state index contributed by atoms with van der Waals surface area (Å²) in [5.74, 6) is -0.0478. The van der Waals surface area contributed by atoms with E-state index in [1.807, 2.05) is 0 Å². The average Bonchev–Trinajstić information content (AvgIpc) is 2.03. The Morgan fingerprint density at radius 1 is 1.75 bits per heavy atom. The molecule has 0 saturated heterocycles. The highest BCUT2D eigenvalue weighted by molar-refractivity contribution is 8.12. The molecule has 0 atom stereocenters. The molecule has 1 aromatic heterocycles. The van der Waals surface area contributed by atoms with Gasteiger partial charge in [0.2, 0.25) is 0 Å². The van der Waals surface area contributed by atoms with Crippen molar-refractivity contribution in [1.29, 1.82) is 0 Å². The van der Waals surface area contributed by atoms with E-state index in [1.54, 1.807) is 0 Å². The van der Waals surface area contributed by atoms with E-state index in [4.69, 9.17) is 0 Å². The molecule has 0 aromatic carbocycles. The molecule has 0 aliphatic rings. The topological polar surface area (TPSA) is 30.0 Å². The summed E-state index contributed by atoms with van der Waals surface area (Å²) < 4.78 is 12.9. The summed E-state index contributed by atoms with van der Waals surface area (Å²) in [6.07, 6.45) is 1.51. The molecule has 0 unspecified atom stereocenters. The molecule has 0 aliphatic heterocycles. The fourth-order valence-electron chi connectivity index (χ4n) is 0.695. The van der Waals surface area contributed by atoms with Crippen LogP contribution in [0.2, 0.25) is 0 Å². The number of nitrogens with zero attached hydrogens (tertiary/aromatic N) is 1. The molecule has 2 nitrogen and oxygen atoms in total. The molecule has 0 fully saturated rings. The number of aromatic nitrogens is 1. The van der Waals surface area contributed by atoms with Gasteiger partial charge in [0.15, 0.2) is 5.12 Å². The second-order valence-electron chi connectivity index (χ2n) is 2.21. The third-order valence-electron chi connectivity index (χ3n) is 1.25. The van der Waals surface area contributed by atoms with Gasteiger partial charge in [-0.05, 0) is 12.1 Å². The van der Waals surface area contributed by atoms with Crippen molar-refractivity contribution in [2.24, 2.45) is 0 Å². The minimum atomic E-state index is -0.355. The van der Waals surface area contributed by atoms with E-state index >= 15 is 0 Å². The Morgan fingerprint density at radius 3 is 3.08 bits per heavy atom. The Hall–Kier alpha value is -0.900. The van der Waals surface area contributed by atoms with E-state index in [0.29, 0.717) is 11.4 Å². The fourth-order valence-corrected chi connectivity index (χ4v) is 1.25. The molecule has 0 aliphatic carbocycles. The third-order valence-corrected chi connectivity index (χ3v) is 2.07. The minimum Gasteiger partial charge on any atom is -0.288 e. The van der Waals surface area contributed by atoms with Crippen LogP contribution >= 0.6 is 11.8 Å². The van der Waals surface area contributed by atoms with Gasteiger partial charge in [-0.3, -0.25) is 9.78 Å². The van der Waals surface area contributed by atoms with Gasteiger partial charge in [-0.15, -0.1) is 0 Å². The standard InChI is InChI=1S/C8H8FNOS/c1-6(11)12-5-8-7(9)3-2-4-10-8/h2-4H,5H2,1H3. The van der Waals surface area contributed by atoms with Gasteiger partial charge < -0.3 is 0 Å². The second-order valence-corrected chi connectivity index (χ2v) is 3.36. The van der Waals surface area contributed by atoms with Crippen molar-refractivity contribution >= 4 is 16.9 Å². The Bertz CT molecular complexity index is 290. The molecular weight excluding hydrogens is 177 g/mol. The number of thioether (sulfide) groups is 1. The van der Waals surface area contributed by atoms with Gasteiger partial charge >= 0.3 is 0 Å². The molecule has 1 aromatic rings. The average molecular weight is 185 g/mol. The first-order valence-electron chi connectivity index (χ1n) is 3.43. The van der Waals surface area contributed by atoms with Crippen LogP contribution in [0.1, 0.15) is 12.6 Å². The summed E-state index contributed by atoms with van der Waals surface area (Å²) in [6, 6.07) is 2.86. The van der Waals surface area contributed by atoms with Crippen LogP contribution in [0.15, 0.2) is 18.3 Å². The van der Waals surface area contributed by atoms with Crippen molar-refractivity contribution in [3.63, 3.8) is 0 Å². The zero-order valence-corrected chi connectivity index (χ0v) is 7.40. The SMILES string of the molecule is CC(=O)SCc1ncccc1F. The van der Waals surface area contributed by atoms with Crippen LogP contribution in [-0.2, 0) is 10.5 Å². The lowest BCUT2D eigenvalue weighted by Gasteiger charge is -1.97. The van der Waals surface area contributed by atoms with Gasteiger partial charge in [-0.2, -0.15) is 0 Å². The summed E-state index contributed by atoms with van der Waals surface area (Å²) in [4.78, 5) is 14.3. The van der Waals surface area contributed by atoms with Gasteiger partial charge in [0.05, 0.1) is 5.69 Å². The molecule has 1 rings (SSSR count). The number of hydrogen-bond donors (Lipinski definition) is 0. The molecule has 4 heteroatoms. The maximum absolute atomic E-state index is 12.9. The van der Waals surface area contributed by atoms with Crippen LogP contribution in [-0.4, -0.2) is 10.1 Å². The summed E-state index contributed by atoms with van der Waals surface area (Å²) in [6.45, 7) is 1.45. The zero-order valence-electron chi connectivity index (χ0n) is 6.58. The van der Waals surface area contributed by atoms with Gasteiger partial charge in [0, 0.05) is 18.9 Å². The first-order chi connectivity index (χ1) is 5.70. The largest absolute Gasteiger partial charge is 0.288 e. The highest BCUT2D eigenvalue weighted by Gasteiger charge is 2.03. The molecule has 12 heavy (non-hydrogen) atoms. The predicted octanol–water partition coefficient (Wildman–Crippen LogP) is 2.00. The van der Waals surface area contributed by atoms with Crippen LogP contribution in [0.3, 0.4) is 0 Å². The molecule has 0 bridgehead atoms. The number of carbonyl (C=O) groups is 1. The van der Waals surface area contributed by atoms with Gasteiger partial charge in [0.1, 0.15) is 5.82 Å². The fraction of sp³-hybridized carbons (Fsp3) is 0.250. The smallest absolute Gasteiger partial charge is 0.186 e. The molecule has 1 heterocycles. The minimum absolute atomic E-state index is 0.0277. The van der Waals surface area contributed by atoms with Gasteiger partial charge in [-0.25, -0.2) is 4.39 Å². The van der Waals surface area contributed by atoms with E-state index in [2.05, 4.69) is 4.98 Å². The van der Waals surface area contributed by atoms with Crippen LogP contribution in [0, 0.1) is 5.82 Å². The summed E-state index contributed by atoms with van der Waals surface area (Å²) >= 11 is 1.06. The Kier molecular flexibility index (Phi) is 3.22. The van der Waals surface area contributed by atoms with Gasteiger partial charge in [0.25, 0.3) is 0 Å². The van der Waals surface area contributed by atoms with E-state index in [9.17, 15) is 9.18 Å². The lowest BCUT2D eigenvalue weighted by atomic mass is 10.4. The van der Waals surface area contributed by atoms with Crippen molar-refractivity contribution in [2.45, 2.75) is 12.7 Å². The molecule has 0 radical (unpaired) electrons. The van der Waals surface area contributed by atoms with Crippen LogP contribution in [0.25, 0.3) is 0 Å². The molecule has 0 N–H and O–H groups in total. The van der Waals surface area contributed by atoms with Gasteiger partial charge in [-0.1, -0.05) is 11.8 Å². The number of pyridine rings is 1. The number of carbonyl (C=O) groups excluding carboxylic acids is 1. The summed E-state index contributed by atoms with van der Waals surface area (Å²) in [5, 5.41) is -0.0277. The molecule has 0 spiro atoms. The van der Waals surface area contributed by atoms with E-state index < -0.39 is 0 Å². The van der Waals surface area contributed by atoms with Crippen LogP contribution < -0.4 is 0 Å². The Labute approximate surface area is 74.2 Å². The molecule has 64 valence electrons. The summed E-state index contributed by atoms with van der Waals surface area (Å²) in [5.41, 5.74) is 0.331.